The van der Waals surface area contributed by atoms with E-state index in [1.165, 1.54) is 6.42 Å². The molecule has 0 saturated carbocycles. The lowest BCUT2D eigenvalue weighted by Crippen LogP contribution is -2.37. The second-order valence-corrected chi connectivity index (χ2v) is 10.2. The molecule has 0 aliphatic carbocycles. The number of piperidine rings is 1. The third-order valence-corrected chi connectivity index (χ3v) is 7.76. The zero-order valence-corrected chi connectivity index (χ0v) is 20.8. The average molecular weight is 513 g/mol. The van der Waals surface area contributed by atoms with Gasteiger partial charge in [-0.15, -0.1) is 0 Å². The van der Waals surface area contributed by atoms with Gasteiger partial charge in [-0.2, -0.15) is 0 Å². The van der Waals surface area contributed by atoms with Crippen LogP contribution in [0.1, 0.15) is 30.4 Å². The van der Waals surface area contributed by atoms with Gasteiger partial charge in [0.2, 0.25) is 6.79 Å². The summed E-state index contributed by atoms with van der Waals surface area (Å²) in [5.74, 6) is 0.332. The molecule has 2 aromatic carbocycles. The van der Waals surface area contributed by atoms with Gasteiger partial charge in [-0.1, -0.05) is 24.6 Å². The molecule has 3 N–H and O–H groups in total. The molecule has 3 aliphatic rings. The Labute approximate surface area is 218 Å². The van der Waals surface area contributed by atoms with Crippen LogP contribution in [0.4, 0.5) is 0 Å². The first-order valence-electron chi connectivity index (χ1n) is 13.1. The van der Waals surface area contributed by atoms with E-state index >= 15 is 0 Å². The van der Waals surface area contributed by atoms with E-state index < -0.39 is 17.9 Å². The maximum absolute atomic E-state index is 13.3. The first kappa shape index (κ1) is 23.1. The van der Waals surface area contributed by atoms with E-state index in [9.17, 15) is 14.7 Å². The number of nitrogens with zero attached hydrogens (tertiary/aromatic N) is 2. The maximum Gasteiger partial charge on any atom is 0.259 e. The number of benzene rings is 2. The quantitative estimate of drug-likeness (QED) is 0.342. The summed E-state index contributed by atoms with van der Waals surface area (Å²) >= 11 is 0. The van der Waals surface area contributed by atoms with Crippen molar-refractivity contribution >= 4 is 44.8 Å². The van der Waals surface area contributed by atoms with Crippen LogP contribution in [0, 0.1) is 0 Å². The standard InChI is InChI=1S/C29H28N4O5/c34-17(13-32-8-4-1-5-9-32)14-33-15-21(19-10-24-25(11-23(19)33)38-16-37-24)27-26(28(35)31-29(27)36)20-12-30-22-7-3-2-6-18(20)22/h2-3,6-7,10-12,15,17,30,34H,1,4-5,8-9,13-14,16H2,(H,31,35,36). The van der Waals surface area contributed by atoms with Crippen molar-refractivity contribution in [3.05, 3.63) is 59.9 Å². The van der Waals surface area contributed by atoms with Crippen molar-refractivity contribution in [2.75, 3.05) is 26.4 Å². The lowest BCUT2D eigenvalue weighted by atomic mass is 9.95. The highest BCUT2D eigenvalue weighted by Crippen LogP contribution is 2.43. The molecule has 2 aromatic heterocycles. The highest BCUT2D eigenvalue weighted by Gasteiger charge is 2.35. The number of amides is 2. The van der Waals surface area contributed by atoms with Crippen molar-refractivity contribution < 1.29 is 24.2 Å². The van der Waals surface area contributed by atoms with E-state index in [1.54, 1.807) is 6.20 Å². The number of likely N-dealkylation sites (tertiary alicyclic amines) is 1. The maximum atomic E-state index is 13.3. The topological polar surface area (TPSA) is 109 Å². The Bertz CT molecular complexity index is 1620. The Balaban J connectivity index is 1.37. The number of carbonyl (C=O) groups is 2. The third-order valence-electron chi connectivity index (χ3n) is 7.76. The first-order valence-corrected chi connectivity index (χ1v) is 13.1. The molecule has 9 heteroatoms. The minimum Gasteiger partial charge on any atom is -0.454 e. The summed E-state index contributed by atoms with van der Waals surface area (Å²) in [6.07, 6.45) is 6.58. The lowest BCUT2D eigenvalue weighted by Gasteiger charge is -2.28. The molecule has 2 amide bonds. The van der Waals surface area contributed by atoms with Crippen LogP contribution in [0.3, 0.4) is 0 Å². The number of hydrogen-bond acceptors (Lipinski definition) is 6. The number of para-hydroxylation sites is 1. The summed E-state index contributed by atoms with van der Waals surface area (Å²) < 4.78 is 13.2. The van der Waals surface area contributed by atoms with Gasteiger partial charge in [0.25, 0.3) is 11.8 Å². The summed E-state index contributed by atoms with van der Waals surface area (Å²) in [6.45, 7) is 3.05. The Morgan fingerprint density at radius 3 is 2.45 bits per heavy atom. The van der Waals surface area contributed by atoms with Crippen molar-refractivity contribution in [1.29, 1.82) is 0 Å². The molecule has 1 saturated heterocycles. The van der Waals surface area contributed by atoms with Crippen molar-refractivity contribution in [3.63, 3.8) is 0 Å². The predicted octanol–water partition coefficient (Wildman–Crippen LogP) is 3.27. The van der Waals surface area contributed by atoms with Crippen molar-refractivity contribution in [2.24, 2.45) is 0 Å². The van der Waals surface area contributed by atoms with Gasteiger partial charge in [-0.25, -0.2) is 0 Å². The van der Waals surface area contributed by atoms with E-state index in [0.29, 0.717) is 46.9 Å². The number of β-amino-alcohol motifs (C(OH)–C–C–N with tert-alkyl or cyclic N) is 1. The summed E-state index contributed by atoms with van der Waals surface area (Å²) in [4.78, 5) is 31.9. The average Bonchev–Trinajstić information content (AvgIpc) is 3.68. The highest BCUT2D eigenvalue weighted by atomic mass is 16.7. The molecule has 38 heavy (non-hydrogen) atoms. The largest absolute Gasteiger partial charge is 0.454 e. The SMILES string of the molecule is O=C1NC(=O)C(c2cn(CC(O)CN3CCCCC3)c3cc4c(cc23)OCO4)=C1c1c[nH]c2ccccc12. The van der Waals surface area contributed by atoms with Gasteiger partial charge in [0.15, 0.2) is 11.5 Å². The van der Waals surface area contributed by atoms with Crippen molar-refractivity contribution in [3.8, 4) is 11.5 Å². The Morgan fingerprint density at radius 2 is 1.63 bits per heavy atom. The number of aromatic nitrogens is 2. The van der Waals surface area contributed by atoms with Crippen LogP contribution in [0.2, 0.25) is 0 Å². The van der Waals surface area contributed by atoms with Gasteiger partial charge in [-0.3, -0.25) is 14.9 Å². The molecule has 0 bridgehead atoms. The fourth-order valence-corrected chi connectivity index (χ4v) is 6.00. The Morgan fingerprint density at radius 1 is 0.895 bits per heavy atom. The monoisotopic (exact) mass is 512 g/mol. The lowest BCUT2D eigenvalue weighted by molar-refractivity contribution is -0.122. The van der Waals surface area contributed by atoms with Gasteiger partial charge in [0.1, 0.15) is 0 Å². The van der Waals surface area contributed by atoms with Gasteiger partial charge >= 0.3 is 0 Å². The fraction of sp³-hybridized carbons (Fsp3) is 0.310. The molecule has 1 fully saturated rings. The molecule has 1 atom stereocenters. The fourth-order valence-electron chi connectivity index (χ4n) is 6.00. The first-order chi connectivity index (χ1) is 18.6. The van der Waals surface area contributed by atoms with E-state index in [0.717, 1.165) is 47.7 Å². The molecular weight excluding hydrogens is 484 g/mol. The highest BCUT2D eigenvalue weighted by molar-refractivity contribution is 6.50. The molecule has 0 spiro atoms. The number of aromatic amines is 1. The van der Waals surface area contributed by atoms with Crippen molar-refractivity contribution in [2.45, 2.75) is 31.9 Å². The number of hydrogen-bond donors (Lipinski definition) is 3. The minimum absolute atomic E-state index is 0.122. The number of ether oxygens (including phenoxy) is 2. The molecule has 3 aliphatic heterocycles. The predicted molar refractivity (Wildman–Crippen MR) is 143 cm³/mol. The zero-order chi connectivity index (χ0) is 25.8. The summed E-state index contributed by atoms with van der Waals surface area (Å²) in [7, 11) is 0. The summed E-state index contributed by atoms with van der Waals surface area (Å²) in [5.41, 5.74) is 3.62. The molecular formula is C29H28N4O5. The molecule has 7 rings (SSSR count). The number of rotatable bonds is 6. The Hall–Kier alpha value is -4.08. The van der Waals surface area contributed by atoms with Crippen LogP contribution >= 0.6 is 0 Å². The molecule has 1 unspecified atom stereocenters. The number of aliphatic hydroxyl groups excluding tert-OH is 1. The minimum atomic E-state index is -0.594. The van der Waals surface area contributed by atoms with Crippen LogP contribution < -0.4 is 14.8 Å². The van der Waals surface area contributed by atoms with Gasteiger partial charge in [0, 0.05) is 59.0 Å². The number of fused-ring (bicyclic) bond motifs is 3. The Kier molecular flexibility index (Phi) is 5.49. The zero-order valence-electron chi connectivity index (χ0n) is 20.8. The molecule has 5 heterocycles. The number of nitrogens with one attached hydrogen (secondary N) is 2. The normalized spacial score (nSPS) is 18.7. The van der Waals surface area contributed by atoms with Crippen molar-refractivity contribution in [1.82, 2.24) is 19.8 Å². The molecule has 0 radical (unpaired) electrons. The van der Waals surface area contributed by atoms with Crippen LogP contribution in [-0.4, -0.2) is 63.9 Å². The number of H-pyrrole nitrogens is 1. The summed E-state index contributed by atoms with van der Waals surface area (Å²) in [6, 6.07) is 11.4. The van der Waals surface area contributed by atoms with E-state index in [2.05, 4.69) is 15.2 Å². The molecule has 194 valence electrons. The van der Waals surface area contributed by atoms with E-state index in [1.807, 2.05) is 47.2 Å². The molecule has 9 nitrogen and oxygen atoms in total. The number of carbonyl (C=O) groups excluding carboxylic acids is 2. The van der Waals surface area contributed by atoms with Gasteiger partial charge in [-0.05, 0) is 38.1 Å². The van der Waals surface area contributed by atoms with Gasteiger partial charge < -0.3 is 29.0 Å². The summed E-state index contributed by atoms with van der Waals surface area (Å²) in [5, 5.41) is 15.2. The smallest absolute Gasteiger partial charge is 0.259 e. The van der Waals surface area contributed by atoms with Crippen LogP contribution in [0.15, 0.2) is 48.8 Å². The third kappa shape index (κ3) is 3.77. The van der Waals surface area contributed by atoms with Gasteiger partial charge in [0.05, 0.1) is 22.8 Å². The number of imide groups is 1. The second-order valence-electron chi connectivity index (χ2n) is 10.2. The van der Waals surface area contributed by atoms with Crippen LogP contribution in [0.25, 0.3) is 33.0 Å². The van der Waals surface area contributed by atoms with Crippen LogP contribution in [0.5, 0.6) is 11.5 Å². The second kappa shape index (κ2) is 9.04. The number of aliphatic hydroxyl groups is 1. The van der Waals surface area contributed by atoms with E-state index in [4.69, 9.17) is 9.47 Å². The molecule has 4 aromatic rings. The van der Waals surface area contributed by atoms with Crippen LogP contribution in [-0.2, 0) is 16.1 Å². The van der Waals surface area contributed by atoms with E-state index in [-0.39, 0.29) is 6.79 Å².